The summed E-state index contributed by atoms with van der Waals surface area (Å²) in [5.74, 6) is 2.72. The summed E-state index contributed by atoms with van der Waals surface area (Å²) in [6.45, 7) is 2.03. The molecule has 0 radical (unpaired) electrons. The molecule has 0 fully saturated rings. The second kappa shape index (κ2) is 7.83. The zero-order valence-electron chi connectivity index (χ0n) is 14.4. The third-order valence-electron chi connectivity index (χ3n) is 4.32. The summed E-state index contributed by atoms with van der Waals surface area (Å²) in [5.41, 5.74) is 2.59. The molecule has 1 atom stereocenters. The van der Waals surface area contributed by atoms with Crippen molar-refractivity contribution in [2.75, 3.05) is 0 Å². The van der Waals surface area contributed by atoms with Gasteiger partial charge in [-0.15, -0.1) is 12.3 Å². The Morgan fingerprint density at radius 3 is 1.44 bits per heavy atom. The Kier molecular flexibility index (Phi) is 5.33. The third-order valence-corrected chi connectivity index (χ3v) is 4.32. The van der Waals surface area contributed by atoms with Gasteiger partial charge in [-0.1, -0.05) is 91.0 Å². The molecular formula is C24H22O. The molecule has 3 aromatic carbocycles. The fourth-order valence-electron chi connectivity index (χ4n) is 3.23. The highest BCUT2D eigenvalue weighted by Crippen LogP contribution is 2.41. The van der Waals surface area contributed by atoms with Crippen molar-refractivity contribution < 1.29 is 4.74 Å². The summed E-state index contributed by atoms with van der Waals surface area (Å²) in [7, 11) is 0. The van der Waals surface area contributed by atoms with E-state index in [-0.39, 0.29) is 6.10 Å². The minimum absolute atomic E-state index is 0.0781. The Morgan fingerprint density at radius 1 is 0.760 bits per heavy atom. The molecule has 0 aliphatic heterocycles. The van der Waals surface area contributed by atoms with Crippen molar-refractivity contribution in [2.45, 2.75) is 25.0 Å². The van der Waals surface area contributed by atoms with Gasteiger partial charge in [-0.25, -0.2) is 0 Å². The van der Waals surface area contributed by atoms with E-state index in [0.717, 1.165) is 16.7 Å². The molecule has 3 rings (SSSR count). The maximum absolute atomic E-state index is 6.69. The first-order chi connectivity index (χ1) is 12.3. The predicted octanol–water partition coefficient (Wildman–Crippen LogP) is 5.41. The molecule has 0 N–H and O–H groups in total. The summed E-state index contributed by atoms with van der Waals surface area (Å²) in [6, 6.07) is 31.0. The normalized spacial score (nSPS) is 12.3. The van der Waals surface area contributed by atoms with Gasteiger partial charge in [-0.2, -0.15) is 0 Å². The van der Waals surface area contributed by atoms with E-state index in [9.17, 15) is 0 Å². The molecule has 3 aromatic rings. The third kappa shape index (κ3) is 3.50. The van der Waals surface area contributed by atoms with Crippen LogP contribution in [0.5, 0.6) is 0 Å². The van der Waals surface area contributed by atoms with Crippen molar-refractivity contribution in [3.8, 4) is 12.3 Å². The van der Waals surface area contributed by atoms with E-state index in [1.807, 2.05) is 61.5 Å². The fraction of sp³-hybridized carbons (Fsp3) is 0.167. The standard InChI is InChI=1S/C24H22O/c1-3-13-20(2)25-24(21-14-7-4-8-15-21,22-16-9-5-10-17-22)23-18-11-6-12-19-23/h1,4-12,14-20H,13H2,2H3. The Hall–Kier alpha value is -2.82. The molecule has 0 aliphatic rings. The summed E-state index contributed by atoms with van der Waals surface area (Å²) in [5, 5.41) is 0. The molecule has 0 bridgehead atoms. The van der Waals surface area contributed by atoms with E-state index in [0.29, 0.717) is 6.42 Å². The van der Waals surface area contributed by atoms with E-state index in [1.54, 1.807) is 0 Å². The second-order valence-electron chi connectivity index (χ2n) is 6.12. The Labute approximate surface area is 150 Å². The van der Waals surface area contributed by atoms with E-state index in [4.69, 9.17) is 11.2 Å². The van der Waals surface area contributed by atoms with Crippen LogP contribution in [0.3, 0.4) is 0 Å². The van der Waals surface area contributed by atoms with Crippen LogP contribution in [0, 0.1) is 12.3 Å². The number of hydrogen-bond acceptors (Lipinski definition) is 1. The van der Waals surface area contributed by atoms with Crippen molar-refractivity contribution in [3.63, 3.8) is 0 Å². The topological polar surface area (TPSA) is 9.23 Å². The van der Waals surface area contributed by atoms with E-state index >= 15 is 0 Å². The van der Waals surface area contributed by atoms with Crippen molar-refractivity contribution in [1.82, 2.24) is 0 Å². The Balaban J connectivity index is 2.26. The molecule has 0 aliphatic carbocycles. The van der Waals surface area contributed by atoms with E-state index < -0.39 is 5.60 Å². The smallest absolute Gasteiger partial charge is 0.144 e. The lowest BCUT2D eigenvalue weighted by Crippen LogP contribution is -2.36. The number of rotatable bonds is 6. The van der Waals surface area contributed by atoms with Crippen molar-refractivity contribution in [1.29, 1.82) is 0 Å². The molecule has 0 aromatic heterocycles. The number of benzene rings is 3. The molecule has 124 valence electrons. The van der Waals surface area contributed by atoms with Crippen LogP contribution in [0.4, 0.5) is 0 Å². The molecule has 0 heterocycles. The highest BCUT2D eigenvalue weighted by Gasteiger charge is 2.38. The lowest BCUT2D eigenvalue weighted by atomic mass is 9.80. The van der Waals surface area contributed by atoms with Crippen molar-refractivity contribution in [2.24, 2.45) is 0 Å². The van der Waals surface area contributed by atoms with Gasteiger partial charge < -0.3 is 4.74 Å². The summed E-state index contributed by atoms with van der Waals surface area (Å²) >= 11 is 0. The summed E-state index contributed by atoms with van der Waals surface area (Å²) < 4.78 is 6.69. The van der Waals surface area contributed by atoms with Crippen LogP contribution in [0.15, 0.2) is 91.0 Å². The first-order valence-corrected chi connectivity index (χ1v) is 8.55. The minimum Gasteiger partial charge on any atom is -0.357 e. The van der Waals surface area contributed by atoms with Gasteiger partial charge >= 0.3 is 0 Å². The Bertz CT molecular complexity index is 720. The van der Waals surface area contributed by atoms with Crippen LogP contribution >= 0.6 is 0 Å². The average Bonchev–Trinajstić information content (AvgIpc) is 2.68. The van der Waals surface area contributed by atoms with Gasteiger partial charge in [-0.3, -0.25) is 0 Å². The first kappa shape index (κ1) is 17.0. The molecule has 1 heteroatoms. The van der Waals surface area contributed by atoms with Crippen LogP contribution in [-0.2, 0) is 10.3 Å². The largest absolute Gasteiger partial charge is 0.357 e. The molecule has 0 spiro atoms. The van der Waals surface area contributed by atoms with Gasteiger partial charge in [0.05, 0.1) is 6.10 Å². The SMILES string of the molecule is C#CCC(C)OC(c1ccccc1)(c1ccccc1)c1ccccc1. The number of terminal acetylenes is 1. The van der Waals surface area contributed by atoms with Gasteiger partial charge in [0, 0.05) is 6.42 Å². The highest BCUT2D eigenvalue weighted by molar-refractivity contribution is 5.47. The van der Waals surface area contributed by atoms with Crippen molar-refractivity contribution >= 4 is 0 Å². The lowest BCUT2D eigenvalue weighted by molar-refractivity contribution is -0.0357. The first-order valence-electron chi connectivity index (χ1n) is 8.55. The van der Waals surface area contributed by atoms with Gasteiger partial charge in [0.1, 0.15) is 5.60 Å². The fourth-order valence-corrected chi connectivity index (χ4v) is 3.23. The van der Waals surface area contributed by atoms with E-state index in [2.05, 4.69) is 42.3 Å². The number of hydrogen-bond donors (Lipinski definition) is 0. The predicted molar refractivity (Wildman–Crippen MR) is 103 cm³/mol. The lowest BCUT2D eigenvalue weighted by Gasteiger charge is -2.38. The highest BCUT2D eigenvalue weighted by atomic mass is 16.5. The van der Waals surface area contributed by atoms with Gasteiger partial charge in [0.25, 0.3) is 0 Å². The Morgan fingerprint density at radius 2 is 1.12 bits per heavy atom. The molecule has 25 heavy (non-hydrogen) atoms. The van der Waals surface area contributed by atoms with Gasteiger partial charge in [0.15, 0.2) is 0 Å². The molecule has 1 nitrogen and oxygen atoms in total. The second-order valence-corrected chi connectivity index (χ2v) is 6.12. The van der Waals surface area contributed by atoms with E-state index in [1.165, 1.54) is 0 Å². The zero-order chi connectivity index (χ0) is 17.5. The molecular weight excluding hydrogens is 304 g/mol. The van der Waals surface area contributed by atoms with Gasteiger partial charge in [-0.05, 0) is 23.6 Å². The maximum atomic E-state index is 6.69. The van der Waals surface area contributed by atoms with Crippen LogP contribution in [-0.4, -0.2) is 6.10 Å². The summed E-state index contributed by atoms with van der Waals surface area (Å²) in [6.07, 6.45) is 6.02. The molecule has 0 saturated carbocycles. The number of ether oxygens (including phenoxy) is 1. The molecule has 1 unspecified atom stereocenters. The van der Waals surface area contributed by atoms with Crippen LogP contribution < -0.4 is 0 Å². The van der Waals surface area contributed by atoms with Crippen LogP contribution in [0.2, 0.25) is 0 Å². The van der Waals surface area contributed by atoms with Crippen LogP contribution in [0.25, 0.3) is 0 Å². The quantitative estimate of drug-likeness (QED) is 0.435. The van der Waals surface area contributed by atoms with Crippen molar-refractivity contribution in [3.05, 3.63) is 108 Å². The average molecular weight is 326 g/mol. The minimum atomic E-state index is -0.694. The monoisotopic (exact) mass is 326 g/mol. The molecule has 0 amide bonds. The maximum Gasteiger partial charge on any atom is 0.144 e. The summed E-state index contributed by atoms with van der Waals surface area (Å²) in [4.78, 5) is 0. The van der Waals surface area contributed by atoms with Crippen LogP contribution in [0.1, 0.15) is 30.0 Å². The molecule has 0 saturated heterocycles. The zero-order valence-corrected chi connectivity index (χ0v) is 14.4. The van der Waals surface area contributed by atoms with Gasteiger partial charge in [0.2, 0.25) is 0 Å².